The molecule has 0 spiro atoms. The van der Waals surface area contributed by atoms with E-state index in [1.807, 2.05) is 12.1 Å². The lowest BCUT2D eigenvalue weighted by Crippen LogP contribution is -1.76. The van der Waals surface area contributed by atoms with E-state index in [2.05, 4.69) is 72.8 Å². The van der Waals surface area contributed by atoms with Crippen LogP contribution < -0.4 is 0 Å². The number of benzene rings is 2. The van der Waals surface area contributed by atoms with E-state index >= 15 is 0 Å². The summed E-state index contributed by atoms with van der Waals surface area (Å²) in [7, 11) is 0. The molecular weight excluding hydrogens is 216 g/mol. The average Bonchev–Trinajstić information content (AvgIpc) is 2.89. The van der Waals surface area contributed by atoms with Gasteiger partial charge in [-0.2, -0.15) is 0 Å². The molecule has 1 aliphatic rings. The second-order valence-electron chi connectivity index (χ2n) is 4.35. The molecule has 0 atom stereocenters. The number of rotatable bonds is 2. The summed E-state index contributed by atoms with van der Waals surface area (Å²) in [6.45, 7) is 0. The minimum absolute atomic E-state index is 1.24. The Hall–Kier alpha value is -2.34. The maximum atomic E-state index is 2.22. The van der Waals surface area contributed by atoms with Gasteiger partial charge in [0.1, 0.15) is 0 Å². The van der Waals surface area contributed by atoms with E-state index in [1.165, 1.54) is 22.3 Å². The third kappa shape index (κ3) is 2.33. The van der Waals surface area contributed by atoms with Crippen LogP contribution in [0.2, 0.25) is 0 Å². The Labute approximate surface area is 108 Å². The molecule has 18 heavy (non-hydrogen) atoms. The number of allylic oxidation sites excluding steroid dienone is 5. The average molecular weight is 230 g/mol. The highest BCUT2D eigenvalue weighted by atomic mass is 14.1. The van der Waals surface area contributed by atoms with Gasteiger partial charge in [0, 0.05) is 0 Å². The second kappa shape index (κ2) is 4.89. The van der Waals surface area contributed by atoms with Crippen molar-refractivity contribution in [1.82, 2.24) is 0 Å². The van der Waals surface area contributed by atoms with E-state index < -0.39 is 0 Å². The van der Waals surface area contributed by atoms with Crippen LogP contribution in [-0.2, 0) is 0 Å². The van der Waals surface area contributed by atoms with Crippen LogP contribution in [-0.4, -0.2) is 0 Å². The lowest BCUT2D eigenvalue weighted by atomic mass is 10.1. The molecule has 1 aliphatic carbocycles. The van der Waals surface area contributed by atoms with Crippen LogP contribution in [0.25, 0.3) is 11.6 Å². The smallest absolute Gasteiger partial charge is 0.0178 e. The van der Waals surface area contributed by atoms with Crippen molar-refractivity contribution in [3.05, 3.63) is 95.6 Å². The van der Waals surface area contributed by atoms with Crippen molar-refractivity contribution in [2.75, 3.05) is 0 Å². The van der Waals surface area contributed by atoms with E-state index in [0.717, 1.165) is 0 Å². The molecule has 0 heteroatoms. The Morgan fingerprint density at radius 2 is 1.33 bits per heavy atom. The minimum atomic E-state index is 1.24. The van der Waals surface area contributed by atoms with Gasteiger partial charge in [0.15, 0.2) is 0 Å². The van der Waals surface area contributed by atoms with Crippen LogP contribution in [0.3, 0.4) is 0 Å². The largest absolute Gasteiger partial charge is 0.0622 e. The molecule has 0 amide bonds. The molecule has 0 radical (unpaired) electrons. The summed E-state index contributed by atoms with van der Waals surface area (Å²) in [6, 6.07) is 20.9. The second-order valence-corrected chi connectivity index (χ2v) is 4.35. The van der Waals surface area contributed by atoms with Gasteiger partial charge in [-0.25, -0.2) is 0 Å². The first kappa shape index (κ1) is 10.8. The van der Waals surface area contributed by atoms with E-state index in [1.54, 1.807) is 0 Å². The summed E-state index contributed by atoms with van der Waals surface area (Å²) in [5.74, 6) is 0. The highest BCUT2D eigenvalue weighted by molar-refractivity contribution is 5.83. The monoisotopic (exact) mass is 230 g/mol. The highest BCUT2D eigenvalue weighted by Crippen LogP contribution is 2.25. The fourth-order valence-corrected chi connectivity index (χ4v) is 2.10. The maximum Gasteiger partial charge on any atom is -0.0178 e. The highest BCUT2D eigenvalue weighted by Gasteiger charge is 2.04. The van der Waals surface area contributed by atoms with E-state index in [4.69, 9.17) is 0 Å². The molecule has 0 fully saturated rings. The van der Waals surface area contributed by atoms with Crippen molar-refractivity contribution in [1.29, 1.82) is 0 Å². The predicted octanol–water partition coefficient (Wildman–Crippen LogP) is 4.72. The summed E-state index contributed by atoms with van der Waals surface area (Å²) < 4.78 is 0. The lowest BCUT2D eigenvalue weighted by molar-refractivity contribution is 1.63. The van der Waals surface area contributed by atoms with Gasteiger partial charge in [-0.1, -0.05) is 72.8 Å². The van der Waals surface area contributed by atoms with Crippen molar-refractivity contribution in [2.24, 2.45) is 0 Å². The molecule has 0 N–H and O–H groups in total. The molecule has 2 aromatic rings. The minimum Gasteiger partial charge on any atom is -0.0622 e. The van der Waals surface area contributed by atoms with Crippen LogP contribution >= 0.6 is 0 Å². The van der Waals surface area contributed by atoms with E-state index in [0.29, 0.717) is 0 Å². The molecule has 0 aliphatic heterocycles. The van der Waals surface area contributed by atoms with Crippen LogP contribution in [0.15, 0.2) is 84.5 Å². The van der Waals surface area contributed by atoms with Gasteiger partial charge in [0.25, 0.3) is 0 Å². The molecule has 0 nitrogen and oxygen atoms in total. The fraction of sp³-hybridized carbons (Fsp3) is 0. The summed E-state index contributed by atoms with van der Waals surface area (Å²) in [5, 5.41) is 0. The van der Waals surface area contributed by atoms with Gasteiger partial charge >= 0.3 is 0 Å². The van der Waals surface area contributed by atoms with Crippen LogP contribution in [0.4, 0.5) is 0 Å². The molecule has 86 valence electrons. The van der Waals surface area contributed by atoms with Crippen LogP contribution in [0.1, 0.15) is 11.1 Å². The first-order valence-corrected chi connectivity index (χ1v) is 6.14. The topological polar surface area (TPSA) is 0 Å². The van der Waals surface area contributed by atoms with Gasteiger partial charge < -0.3 is 0 Å². The lowest BCUT2D eigenvalue weighted by Gasteiger charge is -1.97. The van der Waals surface area contributed by atoms with Crippen molar-refractivity contribution < 1.29 is 0 Å². The van der Waals surface area contributed by atoms with Gasteiger partial charge in [-0.15, -0.1) is 0 Å². The number of hydrogen-bond acceptors (Lipinski definition) is 0. The zero-order chi connectivity index (χ0) is 12.2. The Morgan fingerprint density at radius 3 is 2.06 bits per heavy atom. The quantitative estimate of drug-likeness (QED) is 0.700. The summed E-state index contributed by atoms with van der Waals surface area (Å²) in [5.41, 5.74) is 5.03. The Morgan fingerprint density at radius 1 is 0.667 bits per heavy atom. The van der Waals surface area contributed by atoms with Crippen molar-refractivity contribution in [2.45, 2.75) is 0 Å². The van der Waals surface area contributed by atoms with Gasteiger partial charge in [0.2, 0.25) is 0 Å². The number of hydrogen-bond donors (Lipinski definition) is 0. The first-order valence-electron chi connectivity index (χ1n) is 6.14. The normalized spacial score (nSPS) is 16.0. The third-order valence-electron chi connectivity index (χ3n) is 3.02. The summed E-state index contributed by atoms with van der Waals surface area (Å²) in [6.07, 6.45) is 8.76. The molecular formula is C18H14. The zero-order valence-electron chi connectivity index (χ0n) is 10.1. The Kier molecular flexibility index (Phi) is 2.93. The molecule has 2 aromatic carbocycles. The maximum absolute atomic E-state index is 2.22. The van der Waals surface area contributed by atoms with E-state index in [9.17, 15) is 0 Å². The van der Waals surface area contributed by atoms with E-state index in [-0.39, 0.29) is 0 Å². The molecule has 0 saturated heterocycles. The zero-order valence-corrected chi connectivity index (χ0v) is 10.1. The van der Waals surface area contributed by atoms with Crippen molar-refractivity contribution in [3.63, 3.8) is 0 Å². The fourth-order valence-electron chi connectivity index (χ4n) is 2.10. The molecule has 0 saturated carbocycles. The summed E-state index contributed by atoms with van der Waals surface area (Å²) >= 11 is 0. The standard InChI is InChI=1S/C18H14/c1-3-7-15(8-4-1)13-16-11-12-18(14-16)17-9-5-2-6-10-17/h1-14H. The molecule has 3 rings (SSSR count). The molecule has 0 bridgehead atoms. The van der Waals surface area contributed by atoms with Crippen molar-refractivity contribution >= 4 is 11.6 Å². The van der Waals surface area contributed by atoms with Gasteiger partial charge in [-0.05, 0) is 34.4 Å². The van der Waals surface area contributed by atoms with Crippen LogP contribution in [0, 0.1) is 0 Å². The molecule has 0 aromatic heterocycles. The molecule has 0 unspecified atom stereocenters. The SMILES string of the molecule is C1=CC(c2ccccc2)=CC1=Cc1ccccc1. The van der Waals surface area contributed by atoms with Crippen LogP contribution in [0.5, 0.6) is 0 Å². The predicted molar refractivity (Wildman–Crippen MR) is 78.0 cm³/mol. The Balaban J connectivity index is 1.89. The summed E-state index contributed by atoms with van der Waals surface area (Å²) in [4.78, 5) is 0. The van der Waals surface area contributed by atoms with Gasteiger partial charge in [0.05, 0.1) is 0 Å². The van der Waals surface area contributed by atoms with Crippen molar-refractivity contribution in [3.8, 4) is 0 Å². The molecule has 0 heterocycles. The Bertz CT molecular complexity index is 614. The first-order chi connectivity index (χ1) is 8.92. The third-order valence-corrected chi connectivity index (χ3v) is 3.02. The van der Waals surface area contributed by atoms with Gasteiger partial charge in [-0.3, -0.25) is 0 Å².